The van der Waals surface area contributed by atoms with Crippen LogP contribution in [0.2, 0.25) is 0 Å². The smallest absolute Gasteiger partial charge is 0.387 e. The summed E-state index contributed by atoms with van der Waals surface area (Å²) in [6, 6.07) is 8.20. The van der Waals surface area contributed by atoms with Crippen LogP contribution in [0, 0.1) is 6.92 Å². The van der Waals surface area contributed by atoms with E-state index >= 15 is 0 Å². The Morgan fingerprint density at radius 3 is 2.58 bits per heavy atom. The number of hydrogen-bond acceptors (Lipinski definition) is 5. The highest BCUT2D eigenvalue weighted by molar-refractivity contribution is 5.98. The lowest BCUT2D eigenvalue weighted by Crippen LogP contribution is -2.17. The molecule has 0 saturated carbocycles. The molecule has 0 unspecified atom stereocenters. The fraction of sp³-hybridized carbons (Fsp3) is 0.250. The van der Waals surface area contributed by atoms with Crippen LogP contribution < -0.4 is 14.9 Å². The van der Waals surface area contributed by atoms with Crippen molar-refractivity contribution in [3.05, 3.63) is 53.3 Å². The maximum Gasteiger partial charge on any atom is 0.387 e. The summed E-state index contributed by atoms with van der Waals surface area (Å²) in [4.78, 5) is 16.8. The zero-order valence-electron chi connectivity index (χ0n) is 16.5. The molecule has 0 atom stereocenters. The first-order valence-corrected chi connectivity index (χ1v) is 9.12. The van der Waals surface area contributed by atoms with E-state index in [2.05, 4.69) is 25.0 Å². The van der Waals surface area contributed by atoms with Gasteiger partial charge in [0.05, 0.1) is 17.2 Å². The van der Waals surface area contributed by atoms with Crippen LogP contribution in [0.3, 0.4) is 0 Å². The molecule has 1 amide bonds. The van der Waals surface area contributed by atoms with E-state index in [9.17, 15) is 22.4 Å². The van der Waals surface area contributed by atoms with Gasteiger partial charge in [0.1, 0.15) is 17.3 Å². The summed E-state index contributed by atoms with van der Waals surface area (Å²) in [5.74, 6) is -0.523. The van der Waals surface area contributed by atoms with E-state index in [1.54, 1.807) is 18.2 Å². The molecule has 0 aliphatic rings. The molecular weight excluding hydrogens is 420 g/mol. The molecule has 7 nitrogen and oxygen atoms in total. The number of carbonyl (C=O) groups excluding carboxylic acids is 1. The zero-order chi connectivity index (χ0) is 22.5. The lowest BCUT2D eigenvalue weighted by Gasteiger charge is -2.10. The maximum absolute atomic E-state index is 12.6. The SMILES string of the molecule is CCn1c(C)nc2cc(C(=O)N/N=C\c3ccc(OC(F)F)cc3OC(F)F)ccc21. The molecule has 1 aromatic heterocycles. The lowest BCUT2D eigenvalue weighted by molar-refractivity contribution is -0.0543. The molecule has 3 rings (SSSR count). The Hall–Kier alpha value is -3.63. The summed E-state index contributed by atoms with van der Waals surface area (Å²) >= 11 is 0. The maximum atomic E-state index is 12.6. The highest BCUT2D eigenvalue weighted by Gasteiger charge is 2.13. The second kappa shape index (κ2) is 9.45. The number of benzene rings is 2. The number of carbonyl (C=O) groups is 1. The number of aromatic nitrogens is 2. The molecule has 0 aliphatic carbocycles. The molecule has 0 aliphatic heterocycles. The van der Waals surface area contributed by atoms with Crippen LogP contribution in [0.25, 0.3) is 11.0 Å². The number of nitrogens with one attached hydrogen (secondary N) is 1. The molecule has 0 bridgehead atoms. The minimum absolute atomic E-state index is 0.0231. The van der Waals surface area contributed by atoms with Gasteiger partial charge in [-0.05, 0) is 44.2 Å². The average Bonchev–Trinajstić information content (AvgIpc) is 3.02. The second-order valence-corrected chi connectivity index (χ2v) is 6.26. The van der Waals surface area contributed by atoms with Crippen LogP contribution in [-0.2, 0) is 6.54 Å². The van der Waals surface area contributed by atoms with E-state index in [-0.39, 0.29) is 11.3 Å². The molecule has 2 aromatic carbocycles. The van der Waals surface area contributed by atoms with Gasteiger partial charge in [-0.25, -0.2) is 10.4 Å². The number of amides is 1. The van der Waals surface area contributed by atoms with Crippen LogP contribution in [0.5, 0.6) is 11.5 Å². The summed E-state index contributed by atoms with van der Waals surface area (Å²) in [7, 11) is 0. The van der Waals surface area contributed by atoms with Crippen LogP contribution in [0.1, 0.15) is 28.7 Å². The number of halogens is 4. The fourth-order valence-electron chi connectivity index (χ4n) is 3.01. The Balaban J connectivity index is 1.76. The van der Waals surface area contributed by atoms with Crippen LogP contribution in [0.4, 0.5) is 17.6 Å². The van der Waals surface area contributed by atoms with Gasteiger partial charge >= 0.3 is 13.2 Å². The molecule has 0 fully saturated rings. The summed E-state index contributed by atoms with van der Waals surface area (Å²) in [5, 5.41) is 3.73. The van der Waals surface area contributed by atoms with Gasteiger partial charge in [0.25, 0.3) is 5.91 Å². The standard InChI is InChI=1S/C20H18F4N4O3/c1-3-28-11(2)26-15-8-12(5-7-16(15)28)18(29)27-25-10-13-4-6-14(30-19(21)22)9-17(13)31-20(23)24/h4-10,19-20H,3H2,1-2H3,(H,27,29)/b25-10-. The van der Waals surface area contributed by atoms with Crippen molar-refractivity contribution in [2.45, 2.75) is 33.6 Å². The largest absolute Gasteiger partial charge is 0.435 e. The van der Waals surface area contributed by atoms with Crippen molar-refractivity contribution in [2.24, 2.45) is 5.10 Å². The summed E-state index contributed by atoms with van der Waals surface area (Å²) in [6.45, 7) is -1.72. The number of alkyl halides is 4. The van der Waals surface area contributed by atoms with Gasteiger partial charge in [0.15, 0.2) is 0 Å². The first kappa shape index (κ1) is 22.1. The van der Waals surface area contributed by atoms with Crippen molar-refractivity contribution in [3.63, 3.8) is 0 Å². The van der Waals surface area contributed by atoms with E-state index in [1.807, 2.05) is 18.4 Å². The first-order chi connectivity index (χ1) is 14.8. The van der Waals surface area contributed by atoms with Crippen molar-refractivity contribution in [1.29, 1.82) is 0 Å². The molecule has 11 heteroatoms. The highest BCUT2D eigenvalue weighted by Crippen LogP contribution is 2.26. The molecule has 1 heterocycles. The van der Waals surface area contributed by atoms with Gasteiger partial charge < -0.3 is 14.0 Å². The van der Waals surface area contributed by atoms with Crippen LogP contribution in [0.15, 0.2) is 41.5 Å². The Morgan fingerprint density at radius 2 is 1.90 bits per heavy atom. The summed E-state index contributed by atoms with van der Waals surface area (Å²) < 4.78 is 60.3. The number of hydrogen-bond donors (Lipinski definition) is 1. The Bertz CT molecular complexity index is 1120. The summed E-state index contributed by atoms with van der Waals surface area (Å²) in [5.41, 5.74) is 4.14. The number of aryl methyl sites for hydroxylation is 2. The van der Waals surface area contributed by atoms with Crippen molar-refractivity contribution >= 4 is 23.2 Å². The number of rotatable bonds is 8. The Kier molecular flexibility index (Phi) is 6.73. The number of nitrogens with zero attached hydrogens (tertiary/aromatic N) is 3. The van der Waals surface area contributed by atoms with E-state index in [0.29, 0.717) is 11.1 Å². The summed E-state index contributed by atoms with van der Waals surface area (Å²) in [6.07, 6.45) is 1.05. The predicted octanol–water partition coefficient (Wildman–Crippen LogP) is 4.33. The molecule has 0 radical (unpaired) electrons. The van der Waals surface area contributed by atoms with Crippen molar-refractivity contribution in [1.82, 2.24) is 15.0 Å². The van der Waals surface area contributed by atoms with Gasteiger partial charge in [0, 0.05) is 23.7 Å². The van der Waals surface area contributed by atoms with E-state index in [0.717, 1.165) is 36.2 Å². The van der Waals surface area contributed by atoms with E-state index in [1.165, 1.54) is 6.07 Å². The highest BCUT2D eigenvalue weighted by atomic mass is 19.3. The normalized spacial score (nSPS) is 11.6. The van der Waals surface area contributed by atoms with Gasteiger partial charge in [-0.2, -0.15) is 22.7 Å². The van der Waals surface area contributed by atoms with E-state index < -0.39 is 24.9 Å². The zero-order valence-corrected chi connectivity index (χ0v) is 16.5. The monoisotopic (exact) mass is 438 g/mol. The molecule has 164 valence electrons. The molecular formula is C20H18F4N4O3. The number of imidazole rings is 1. The van der Waals surface area contributed by atoms with Crippen molar-refractivity contribution in [3.8, 4) is 11.5 Å². The van der Waals surface area contributed by atoms with E-state index in [4.69, 9.17) is 0 Å². The third-order valence-electron chi connectivity index (χ3n) is 4.31. The minimum atomic E-state index is -3.19. The van der Waals surface area contributed by atoms with Gasteiger partial charge in [-0.1, -0.05) is 0 Å². The van der Waals surface area contributed by atoms with Gasteiger partial charge in [-0.3, -0.25) is 4.79 Å². The minimum Gasteiger partial charge on any atom is -0.435 e. The van der Waals surface area contributed by atoms with Gasteiger partial charge in [-0.15, -0.1) is 0 Å². The van der Waals surface area contributed by atoms with Crippen molar-refractivity contribution in [2.75, 3.05) is 0 Å². The topological polar surface area (TPSA) is 77.7 Å². The lowest BCUT2D eigenvalue weighted by atomic mass is 10.2. The molecule has 3 aromatic rings. The van der Waals surface area contributed by atoms with Gasteiger partial charge in [0.2, 0.25) is 0 Å². The number of ether oxygens (including phenoxy) is 2. The predicted molar refractivity (Wildman–Crippen MR) is 105 cm³/mol. The average molecular weight is 438 g/mol. The number of hydrazone groups is 1. The molecule has 31 heavy (non-hydrogen) atoms. The second-order valence-electron chi connectivity index (χ2n) is 6.26. The first-order valence-electron chi connectivity index (χ1n) is 9.12. The fourth-order valence-corrected chi connectivity index (χ4v) is 3.01. The van der Waals surface area contributed by atoms with Crippen molar-refractivity contribution < 1.29 is 31.8 Å². The molecule has 0 spiro atoms. The number of fused-ring (bicyclic) bond motifs is 1. The Labute approximate surface area is 174 Å². The third-order valence-corrected chi connectivity index (χ3v) is 4.31. The quantitative estimate of drug-likeness (QED) is 0.323. The Morgan fingerprint density at radius 1 is 1.16 bits per heavy atom. The van der Waals surface area contributed by atoms with Crippen LogP contribution >= 0.6 is 0 Å². The molecule has 0 saturated heterocycles. The third kappa shape index (κ3) is 5.30. The molecule has 1 N–H and O–H groups in total. The van der Waals surface area contributed by atoms with Crippen LogP contribution in [-0.4, -0.2) is 34.9 Å².